The molecule has 7 N–H and O–H groups in total. The van der Waals surface area contributed by atoms with Crippen LogP contribution in [0.2, 0.25) is 0 Å². The Hall–Kier alpha value is -2.05. The molecule has 0 aromatic carbocycles. The highest BCUT2D eigenvalue weighted by Gasteiger charge is 2.34. The summed E-state index contributed by atoms with van der Waals surface area (Å²) in [6.45, 7) is 5.14. The molecule has 0 aromatic heterocycles. The standard InChI is InChI=1S/C14H27N4O9P/c1-6(15-5)11(19)18-10(9(4)27-28(24,25)26)13(21)16-7(2)12(20)17-8(3)14(22)23/h6-10,15H,1-5H3,(H,16,21)(H,17,20)(H,18,19)(H,22,23)(H2,24,25,26)/t6-,7-,8-,9+,10-/m0/s1. The Balaban J connectivity index is 5.27. The van der Waals surface area contributed by atoms with Gasteiger partial charge in [-0.15, -0.1) is 0 Å². The monoisotopic (exact) mass is 426 g/mol. The SMILES string of the molecule is CN[C@@H](C)C(=O)N[C@H](C(=O)N[C@@H](C)C(=O)N[C@@H](C)C(=O)O)[C@@H](C)OP(=O)(O)O. The van der Waals surface area contributed by atoms with Crippen LogP contribution in [0.3, 0.4) is 0 Å². The highest BCUT2D eigenvalue weighted by Crippen LogP contribution is 2.38. The van der Waals surface area contributed by atoms with Gasteiger partial charge in [0.2, 0.25) is 17.7 Å². The van der Waals surface area contributed by atoms with Crippen molar-refractivity contribution in [1.29, 1.82) is 0 Å². The van der Waals surface area contributed by atoms with Crippen molar-refractivity contribution < 1.29 is 43.2 Å². The van der Waals surface area contributed by atoms with Crippen molar-refractivity contribution in [3.8, 4) is 0 Å². The van der Waals surface area contributed by atoms with Gasteiger partial charge in [0.1, 0.15) is 18.1 Å². The topological polar surface area (TPSA) is 203 Å². The normalized spacial score (nSPS) is 16.8. The molecule has 0 fully saturated rings. The minimum atomic E-state index is -4.96. The third-order valence-corrected chi connectivity index (χ3v) is 4.27. The number of carbonyl (C=O) groups excluding carboxylic acids is 3. The lowest BCUT2D eigenvalue weighted by molar-refractivity contribution is -0.141. The van der Waals surface area contributed by atoms with E-state index in [2.05, 4.69) is 25.8 Å². The second-order valence-electron chi connectivity index (χ2n) is 6.10. The first-order valence-electron chi connectivity index (χ1n) is 8.24. The van der Waals surface area contributed by atoms with Crippen LogP contribution in [0.1, 0.15) is 27.7 Å². The highest BCUT2D eigenvalue weighted by molar-refractivity contribution is 7.46. The van der Waals surface area contributed by atoms with Gasteiger partial charge >= 0.3 is 13.8 Å². The quantitative estimate of drug-likeness (QED) is 0.176. The molecule has 0 rings (SSSR count). The van der Waals surface area contributed by atoms with Gasteiger partial charge in [-0.2, -0.15) is 0 Å². The molecule has 0 aliphatic carbocycles. The molecule has 13 nitrogen and oxygen atoms in total. The van der Waals surface area contributed by atoms with Crippen molar-refractivity contribution in [3.05, 3.63) is 0 Å². The van der Waals surface area contributed by atoms with Gasteiger partial charge in [-0.05, 0) is 34.7 Å². The van der Waals surface area contributed by atoms with Crippen LogP contribution in [0, 0.1) is 0 Å². The molecule has 0 saturated heterocycles. The third-order valence-electron chi connectivity index (χ3n) is 3.66. The number of phosphoric ester groups is 1. The van der Waals surface area contributed by atoms with Crippen molar-refractivity contribution in [2.45, 2.75) is 58.0 Å². The highest BCUT2D eigenvalue weighted by atomic mass is 31.2. The van der Waals surface area contributed by atoms with E-state index in [1.54, 1.807) is 0 Å². The van der Waals surface area contributed by atoms with Gasteiger partial charge in [0.05, 0.1) is 12.1 Å². The van der Waals surface area contributed by atoms with E-state index < -0.39 is 61.8 Å². The minimum Gasteiger partial charge on any atom is -0.480 e. The number of nitrogens with one attached hydrogen (secondary N) is 4. The molecule has 0 spiro atoms. The van der Waals surface area contributed by atoms with E-state index in [0.717, 1.165) is 6.92 Å². The van der Waals surface area contributed by atoms with Crippen molar-refractivity contribution in [2.75, 3.05) is 7.05 Å². The summed E-state index contributed by atoms with van der Waals surface area (Å²) in [5.74, 6) is -3.69. The Kier molecular flexibility index (Phi) is 10.3. The number of phosphoric acid groups is 1. The molecule has 28 heavy (non-hydrogen) atoms. The first-order valence-corrected chi connectivity index (χ1v) is 9.77. The Morgan fingerprint density at radius 2 is 1.29 bits per heavy atom. The Morgan fingerprint density at radius 1 is 0.821 bits per heavy atom. The molecule has 3 amide bonds. The van der Waals surface area contributed by atoms with Crippen molar-refractivity contribution in [1.82, 2.24) is 21.3 Å². The number of hydrogen-bond donors (Lipinski definition) is 7. The van der Waals surface area contributed by atoms with Crippen LogP contribution in [-0.2, 0) is 28.3 Å². The number of hydrogen-bond acceptors (Lipinski definition) is 7. The molecule has 0 saturated carbocycles. The van der Waals surface area contributed by atoms with Gasteiger partial charge in [0.25, 0.3) is 0 Å². The molecule has 0 bridgehead atoms. The molecule has 0 radical (unpaired) electrons. The number of aliphatic carboxylic acids is 1. The Labute approximate surface area is 161 Å². The number of carboxylic acid groups (broad SMARTS) is 1. The van der Waals surface area contributed by atoms with Crippen LogP contribution < -0.4 is 21.3 Å². The van der Waals surface area contributed by atoms with E-state index in [1.807, 2.05) is 0 Å². The van der Waals surface area contributed by atoms with Gasteiger partial charge in [-0.3, -0.25) is 23.7 Å². The van der Waals surface area contributed by atoms with Crippen molar-refractivity contribution >= 4 is 31.5 Å². The van der Waals surface area contributed by atoms with Crippen LogP contribution in [0.5, 0.6) is 0 Å². The Morgan fingerprint density at radius 3 is 1.71 bits per heavy atom. The largest absolute Gasteiger partial charge is 0.480 e. The predicted octanol–water partition coefficient (Wildman–Crippen LogP) is -2.33. The molecule has 0 aliphatic heterocycles. The maximum atomic E-state index is 12.5. The lowest BCUT2D eigenvalue weighted by Crippen LogP contribution is -2.59. The average Bonchev–Trinajstić information content (AvgIpc) is 2.56. The van der Waals surface area contributed by atoms with E-state index in [1.165, 1.54) is 27.8 Å². The summed E-state index contributed by atoms with van der Waals surface area (Å²) in [5, 5.41) is 18.1. The second-order valence-corrected chi connectivity index (χ2v) is 7.29. The summed E-state index contributed by atoms with van der Waals surface area (Å²) in [6.07, 6.45) is -1.44. The number of carboxylic acids is 1. The zero-order chi connectivity index (χ0) is 22.2. The molecule has 0 aliphatic rings. The maximum Gasteiger partial charge on any atom is 0.469 e. The number of carbonyl (C=O) groups is 4. The fourth-order valence-electron chi connectivity index (χ4n) is 1.85. The molecular weight excluding hydrogens is 399 g/mol. The van der Waals surface area contributed by atoms with Crippen LogP contribution in [-0.4, -0.2) is 75.9 Å². The Bertz CT molecular complexity index is 638. The number of rotatable bonds is 11. The van der Waals surface area contributed by atoms with Crippen molar-refractivity contribution in [3.63, 3.8) is 0 Å². The van der Waals surface area contributed by atoms with Gasteiger partial charge in [0.15, 0.2) is 0 Å². The van der Waals surface area contributed by atoms with E-state index in [-0.39, 0.29) is 0 Å². The first-order chi connectivity index (χ1) is 12.7. The van der Waals surface area contributed by atoms with Crippen LogP contribution in [0.15, 0.2) is 0 Å². The van der Waals surface area contributed by atoms with Crippen LogP contribution in [0.4, 0.5) is 0 Å². The molecule has 0 aromatic rings. The summed E-state index contributed by atoms with van der Waals surface area (Å²) < 4.78 is 15.5. The summed E-state index contributed by atoms with van der Waals surface area (Å²) in [4.78, 5) is 65.1. The van der Waals surface area contributed by atoms with E-state index >= 15 is 0 Å². The number of amides is 3. The van der Waals surface area contributed by atoms with E-state index in [9.17, 15) is 23.7 Å². The maximum absolute atomic E-state index is 12.5. The average molecular weight is 426 g/mol. The van der Waals surface area contributed by atoms with Crippen LogP contribution in [0.25, 0.3) is 0 Å². The molecule has 5 atom stereocenters. The van der Waals surface area contributed by atoms with Gasteiger partial charge in [0, 0.05) is 0 Å². The molecule has 0 unspecified atom stereocenters. The fraction of sp³-hybridized carbons (Fsp3) is 0.714. The van der Waals surface area contributed by atoms with Gasteiger partial charge in [-0.1, -0.05) is 0 Å². The zero-order valence-electron chi connectivity index (χ0n) is 16.1. The van der Waals surface area contributed by atoms with E-state index in [4.69, 9.17) is 14.9 Å². The van der Waals surface area contributed by atoms with Crippen molar-refractivity contribution in [2.24, 2.45) is 0 Å². The summed E-state index contributed by atoms with van der Waals surface area (Å²) >= 11 is 0. The predicted molar refractivity (Wildman–Crippen MR) is 95.9 cm³/mol. The lowest BCUT2D eigenvalue weighted by Gasteiger charge is -2.27. The molecule has 14 heteroatoms. The molecule has 162 valence electrons. The van der Waals surface area contributed by atoms with Crippen LogP contribution >= 0.6 is 7.82 Å². The lowest BCUT2D eigenvalue weighted by atomic mass is 10.1. The zero-order valence-corrected chi connectivity index (χ0v) is 17.0. The van der Waals surface area contributed by atoms with Gasteiger partial charge < -0.3 is 36.2 Å². The molecular formula is C14H27N4O9P. The smallest absolute Gasteiger partial charge is 0.469 e. The fourth-order valence-corrected chi connectivity index (χ4v) is 2.41. The van der Waals surface area contributed by atoms with E-state index in [0.29, 0.717) is 0 Å². The molecule has 0 heterocycles. The summed E-state index contributed by atoms with van der Waals surface area (Å²) in [5.41, 5.74) is 0. The second kappa shape index (κ2) is 11.1. The third kappa shape index (κ3) is 9.24. The minimum absolute atomic E-state index is 0.652. The summed E-state index contributed by atoms with van der Waals surface area (Å²) in [7, 11) is -3.47. The summed E-state index contributed by atoms with van der Waals surface area (Å²) in [6, 6.07) is -4.66. The number of likely N-dealkylation sites (N-methyl/N-ethyl adjacent to an activating group) is 1. The first kappa shape index (κ1) is 26.0. The van der Waals surface area contributed by atoms with Gasteiger partial charge in [-0.25, -0.2) is 4.57 Å².